The second kappa shape index (κ2) is 8.56. The van der Waals surface area contributed by atoms with Crippen LogP contribution in [-0.4, -0.2) is 35.5 Å². The Balaban J connectivity index is 1.31. The fraction of sp³-hybridized carbons (Fsp3) is 0.385. The molecule has 1 aliphatic carbocycles. The molecular formula is C26H28N2O2S. The van der Waals surface area contributed by atoms with Crippen molar-refractivity contribution in [2.75, 3.05) is 19.7 Å². The summed E-state index contributed by atoms with van der Waals surface area (Å²) in [4.78, 5) is 20.8. The van der Waals surface area contributed by atoms with Gasteiger partial charge >= 0.3 is 5.97 Å². The second-order valence-corrected chi connectivity index (χ2v) is 9.66. The molecule has 2 aliphatic rings. The quantitative estimate of drug-likeness (QED) is 0.493. The van der Waals surface area contributed by atoms with Crippen LogP contribution in [0.3, 0.4) is 0 Å². The van der Waals surface area contributed by atoms with E-state index < -0.39 is 0 Å². The molecule has 0 saturated heterocycles. The molecule has 0 spiro atoms. The number of fused-ring (bicyclic) bond motifs is 1. The molecule has 1 saturated carbocycles. The van der Waals surface area contributed by atoms with Crippen molar-refractivity contribution in [3.8, 4) is 21.7 Å². The van der Waals surface area contributed by atoms with Gasteiger partial charge in [0, 0.05) is 36.5 Å². The fourth-order valence-corrected chi connectivity index (χ4v) is 5.87. The molecule has 5 heteroatoms. The van der Waals surface area contributed by atoms with E-state index in [2.05, 4.69) is 60.4 Å². The molecule has 1 fully saturated rings. The zero-order valence-corrected chi connectivity index (χ0v) is 19.0. The first-order valence-electron chi connectivity index (χ1n) is 11.2. The molecule has 0 N–H and O–H groups in total. The van der Waals surface area contributed by atoms with Gasteiger partial charge in [0.25, 0.3) is 0 Å². The summed E-state index contributed by atoms with van der Waals surface area (Å²) in [5, 5.41) is 1.12. The van der Waals surface area contributed by atoms with Gasteiger partial charge in [0.2, 0.25) is 0 Å². The number of carbonyl (C=O) groups excluding carboxylic acids is 1. The molecular weight excluding hydrogens is 404 g/mol. The van der Waals surface area contributed by atoms with Gasteiger partial charge in [-0.05, 0) is 42.9 Å². The van der Waals surface area contributed by atoms with Gasteiger partial charge < -0.3 is 4.74 Å². The number of aromatic nitrogens is 1. The summed E-state index contributed by atoms with van der Waals surface area (Å²) in [6.45, 7) is 7.50. The van der Waals surface area contributed by atoms with Crippen LogP contribution < -0.4 is 0 Å². The Bertz CT molecular complexity index is 1090. The third kappa shape index (κ3) is 4.17. The van der Waals surface area contributed by atoms with Gasteiger partial charge in [0.15, 0.2) is 0 Å². The van der Waals surface area contributed by atoms with E-state index in [4.69, 9.17) is 9.72 Å². The standard InChI is InChI=1S/C26H28N2O2S/c1-3-30-26(29)22-14-19(22)15-28-13-12-23-24(16-28)31-25(27-23)21-11-7-10-20(17(21)2)18-8-5-4-6-9-18/h4-11,19,22H,3,12-16H2,1-2H3/t19-,22+/m0/s1. The van der Waals surface area contributed by atoms with Crippen molar-refractivity contribution in [2.45, 2.75) is 33.2 Å². The average Bonchev–Trinajstić information content (AvgIpc) is 3.42. The number of hydrogen-bond donors (Lipinski definition) is 0. The van der Waals surface area contributed by atoms with Crippen LogP contribution in [-0.2, 0) is 22.5 Å². The van der Waals surface area contributed by atoms with Gasteiger partial charge in [-0.3, -0.25) is 9.69 Å². The number of ether oxygens (including phenoxy) is 1. The first kappa shape index (κ1) is 20.4. The molecule has 1 aromatic heterocycles. The summed E-state index contributed by atoms with van der Waals surface area (Å²) < 4.78 is 5.18. The Morgan fingerprint density at radius 1 is 1.16 bits per heavy atom. The summed E-state index contributed by atoms with van der Waals surface area (Å²) in [5.41, 5.74) is 6.28. The van der Waals surface area contributed by atoms with Crippen molar-refractivity contribution in [2.24, 2.45) is 11.8 Å². The second-order valence-electron chi connectivity index (χ2n) is 8.57. The first-order valence-corrected chi connectivity index (χ1v) is 12.0. The molecule has 2 heterocycles. The lowest BCUT2D eigenvalue weighted by Crippen LogP contribution is -2.32. The molecule has 0 unspecified atom stereocenters. The number of thiazole rings is 1. The van der Waals surface area contributed by atoms with Gasteiger partial charge in [0.1, 0.15) is 5.01 Å². The Morgan fingerprint density at radius 3 is 2.77 bits per heavy atom. The van der Waals surface area contributed by atoms with E-state index >= 15 is 0 Å². The molecule has 0 radical (unpaired) electrons. The van der Waals surface area contributed by atoms with Crippen LogP contribution in [0.5, 0.6) is 0 Å². The summed E-state index contributed by atoms with van der Waals surface area (Å²) >= 11 is 1.83. The molecule has 2 aromatic carbocycles. The van der Waals surface area contributed by atoms with Crippen LogP contribution in [0.1, 0.15) is 29.5 Å². The lowest BCUT2D eigenvalue weighted by molar-refractivity contribution is -0.145. The Morgan fingerprint density at radius 2 is 1.97 bits per heavy atom. The SMILES string of the molecule is CCOC(=O)[C@@H]1C[C@H]1CN1CCc2nc(-c3cccc(-c4ccccc4)c3C)sc2C1. The Kier molecular flexibility index (Phi) is 5.63. The van der Waals surface area contributed by atoms with Crippen molar-refractivity contribution in [1.82, 2.24) is 9.88 Å². The van der Waals surface area contributed by atoms with Crippen LogP contribution in [0.15, 0.2) is 48.5 Å². The van der Waals surface area contributed by atoms with Gasteiger partial charge in [-0.2, -0.15) is 0 Å². The smallest absolute Gasteiger partial charge is 0.309 e. The summed E-state index contributed by atoms with van der Waals surface area (Å²) in [6, 6.07) is 17.1. The molecule has 2 atom stereocenters. The molecule has 160 valence electrons. The molecule has 0 amide bonds. The maximum absolute atomic E-state index is 11.9. The maximum Gasteiger partial charge on any atom is 0.309 e. The van der Waals surface area contributed by atoms with E-state index in [9.17, 15) is 4.79 Å². The van der Waals surface area contributed by atoms with E-state index in [0.29, 0.717) is 12.5 Å². The average molecular weight is 433 g/mol. The topological polar surface area (TPSA) is 42.4 Å². The lowest BCUT2D eigenvalue weighted by atomic mass is 9.97. The highest BCUT2D eigenvalue weighted by molar-refractivity contribution is 7.15. The third-order valence-electron chi connectivity index (χ3n) is 6.46. The molecule has 1 aliphatic heterocycles. The summed E-state index contributed by atoms with van der Waals surface area (Å²) in [5.74, 6) is 0.554. The minimum Gasteiger partial charge on any atom is -0.466 e. The van der Waals surface area contributed by atoms with Gasteiger partial charge in [-0.1, -0.05) is 48.5 Å². The predicted molar refractivity (Wildman–Crippen MR) is 125 cm³/mol. The normalized spacial score (nSPS) is 20.3. The van der Waals surface area contributed by atoms with Crippen molar-refractivity contribution < 1.29 is 9.53 Å². The van der Waals surface area contributed by atoms with Gasteiger partial charge in [-0.25, -0.2) is 4.98 Å². The molecule has 3 aromatic rings. The number of nitrogens with zero attached hydrogens (tertiary/aromatic N) is 2. The summed E-state index contributed by atoms with van der Waals surface area (Å²) in [7, 11) is 0. The number of rotatable bonds is 6. The Hall–Kier alpha value is -2.50. The summed E-state index contributed by atoms with van der Waals surface area (Å²) in [6.07, 6.45) is 1.96. The lowest BCUT2D eigenvalue weighted by Gasteiger charge is -2.25. The highest BCUT2D eigenvalue weighted by Crippen LogP contribution is 2.42. The van der Waals surface area contributed by atoms with Gasteiger partial charge in [-0.15, -0.1) is 11.3 Å². The third-order valence-corrected chi connectivity index (χ3v) is 7.58. The van der Waals surface area contributed by atoms with Crippen molar-refractivity contribution >= 4 is 17.3 Å². The maximum atomic E-state index is 11.9. The monoisotopic (exact) mass is 432 g/mol. The number of esters is 1. The van der Waals surface area contributed by atoms with Crippen LogP contribution in [0.2, 0.25) is 0 Å². The van der Waals surface area contributed by atoms with E-state index in [0.717, 1.165) is 37.5 Å². The molecule has 31 heavy (non-hydrogen) atoms. The number of benzene rings is 2. The van der Waals surface area contributed by atoms with Crippen LogP contribution in [0.25, 0.3) is 21.7 Å². The first-order chi connectivity index (χ1) is 15.1. The van der Waals surface area contributed by atoms with E-state index in [1.807, 2.05) is 18.3 Å². The van der Waals surface area contributed by atoms with Crippen LogP contribution >= 0.6 is 11.3 Å². The predicted octanol–water partition coefficient (Wildman–Crippen LogP) is 5.34. The molecule has 4 nitrogen and oxygen atoms in total. The van der Waals surface area contributed by atoms with Gasteiger partial charge in [0.05, 0.1) is 18.2 Å². The molecule has 5 rings (SSSR count). The largest absolute Gasteiger partial charge is 0.466 e. The number of carbonyl (C=O) groups is 1. The number of hydrogen-bond acceptors (Lipinski definition) is 5. The van der Waals surface area contributed by atoms with E-state index in [1.54, 1.807) is 0 Å². The van der Waals surface area contributed by atoms with Crippen molar-refractivity contribution in [3.63, 3.8) is 0 Å². The zero-order chi connectivity index (χ0) is 21.4. The van der Waals surface area contributed by atoms with E-state index in [1.165, 1.54) is 32.8 Å². The molecule has 0 bridgehead atoms. The zero-order valence-electron chi connectivity index (χ0n) is 18.1. The van der Waals surface area contributed by atoms with E-state index in [-0.39, 0.29) is 11.9 Å². The Labute approximate surface area is 187 Å². The highest BCUT2D eigenvalue weighted by Gasteiger charge is 2.45. The highest BCUT2D eigenvalue weighted by atomic mass is 32.1. The van der Waals surface area contributed by atoms with Crippen LogP contribution in [0, 0.1) is 18.8 Å². The van der Waals surface area contributed by atoms with Crippen LogP contribution in [0.4, 0.5) is 0 Å². The van der Waals surface area contributed by atoms with Crippen molar-refractivity contribution in [1.29, 1.82) is 0 Å². The van der Waals surface area contributed by atoms with Crippen molar-refractivity contribution in [3.05, 3.63) is 64.7 Å². The fourth-order valence-electron chi connectivity index (χ4n) is 4.64. The minimum atomic E-state index is -0.0148. The minimum absolute atomic E-state index is 0.0148.